The minimum atomic E-state index is -3.31. The maximum Gasteiger partial charge on any atom is 0.275 e. The number of carbonyl (C=O) groups excluding carboxylic acids is 2. The van der Waals surface area contributed by atoms with E-state index in [1.54, 1.807) is 36.1 Å². The third kappa shape index (κ3) is 6.10. The van der Waals surface area contributed by atoms with E-state index in [1.807, 2.05) is 35.2 Å². The van der Waals surface area contributed by atoms with Gasteiger partial charge in [-0.05, 0) is 13.0 Å². The molecule has 0 saturated carbocycles. The zero-order valence-electron chi connectivity index (χ0n) is 22.1. The number of aryl methyl sites for hydroxylation is 1. The number of rotatable bonds is 5. The van der Waals surface area contributed by atoms with E-state index < -0.39 is 18.3 Å². The molecular weight excluding hydrogens is 558 g/mol. The highest BCUT2D eigenvalue weighted by Gasteiger charge is 2.42. The molecule has 3 heterocycles. The lowest BCUT2D eigenvalue weighted by Crippen LogP contribution is -2.49. The summed E-state index contributed by atoms with van der Waals surface area (Å²) in [5, 5.41) is 9.83. The van der Waals surface area contributed by atoms with Gasteiger partial charge in [-0.15, -0.1) is 23.7 Å². The molecule has 2 aromatic carbocycles. The topological polar surface area (TPSA) is 77.0 Å². The molecular formula is C29H31ClF2N4O3S. The largest absolute Gasteiger partial charge is 0.395 e. The van der Waals surface area contributed by atoms with Gasteiger partial charge in [-0.2, -0.15) is 0 Å². The van der Waals surface area contributed by atoms with Gasteiger partial charge in [-0.1, -0.05) is 48.5 Å². The van der Waals surface area contributed by atoms with Crippen molar-refractivity contribution in [1.82, 2.24) is 14.8 Å². The molecule has 0 aliphatic carbocycles. The Morgan fingerprint density at radius 2 is 1.70 bits per heavy atom. The molecule has 11 heteroatoms. The number of aromatic nitrogens is 1. The Hall–Kier alpha value is -3.18. The Morgan fingerprint density at radius 3 is 2.40 bits per heavy atom. The molecule has 0 bridgehead atoms. The van der Waals surface area contributed by atoms with Crippen LogP contribution in [0.4, 0.5) is 14.5 Å². The number of alkyl halides is 2. The second kappa shape index (κ2) is 12.6. The summed E-state index contributed by atoms with van der Waals surface area (Å²) in [6.07, 6.45) is 0.431. The summed E-state index contributed by atoms with van der Waals surface area (Å²) in [6, 6.07) is 16.0. The SMILES string of the molecule is Cc1nc(-c2ccccc2)sc1C(=O)N1CCC(F)(F)/C(=C\C(=O)N2CCN(CCO)CC2)c2ccccc21.Cl. The predicted molar refractivity (Wildman–Crippen MR) is 155 cm³/mol. The first-order valence-electron chi connectivity index (χ1n) is 12.9. The number of benzene rings is 2. The quantitative estimate of drug-likeness (QED) is 0.436. The number of para-hydroxylation sites is 1. The van der Waals surface area contributed by atoms with Gasteiger partial charge in [-0.3, -0.25) is 14.5 Å². The van der Waals surface area contributed by atoms with Crippen molar-refractivity contribution in [2.24, 2.45) is 0 Å². The highest BCUT2D eigenvalue weighted by Crippen LogP contribution is 2.44. The molecule has 2 aliphatic rings. The van der Waals surface area contributed by atoms with E-state index in [1.165, 1.54) is 16.2 Å². The number of allylic oxidation sites excluding steroid dienone is 1. The Bertz CT molecular complexity index is 1390. The second-order valence-corrected chi connectivity index (χ2v) is 10.7. The number of anilines is 1. The molecule has 0 unspecified atom stereocenters. The number of carbonyl (C=O) groups is 2. The van der Waals surface area contributed by atoms with E-state index in [4.69, 9.17) is 5.11 Å². The molecule has 1 saturated heterocycles. The lowest BCUT2D eigenvalue weighted by Gasteiger charge is -2.34. The van der Waals surface area contributed by atoms with Crippen LogP contribution in [-0.4, -0.2) is 83.5 Å². The van der Waals surface area contributed by atoms with Crippen LogP contribution in [0.5, 0.6) is 0 Å². The van der Waals surface area contributed by atoms with Crippen LogP contribution in [0.2, 0.25) is 0 Å². The van der Waals surface area contributed by atoms with Crippen molar-refractivity contribution in [3.8, 4) is 10.6 Å². The third-order valence-corrected chi connectivity index (χ3v) is 8.35. The van der Waals surface area contributed by atoms with Gasteiger partial charge in [0.25, 0.3) is 11.8 Å². The normalized spacial score (nSPS) is 18.1. The Labute approximate surface area is 242 Å². The summed E-state index contributed by atoms with van der Waals surface area (Å²) in [6.45, 7) is 4.04. The number of thiazole rings is 1. The fourth-order valence-electron chi connectivity index (χ4n) is 5.01. The Balaban J connectivity index is 0.00000370. The van der Waals surface area contributed by atoms with Gasteiger partial charge in [-0.25, -0.2) is 13.8 Å². The van der Waals surface area contributed by atoms with Crippen molar-refractivity contribution < 1.29 is 23.5 Å². The minimum Gasteiger partial charge on any atom is -0.395 e. The van der Waals surface area contributed by atoms with E-state index in [2.05, 4.69) is 4.98 Å². The first kappa shape index (κ1) is 29.8. The summed E-state index contributed by atoms with van der Waals surface area (Å²) in [7, 11) is 0. The highest BCUT2D eigenvalue weighted by atomic mass is 35.5. The molecule has 2 amide bonds. The number of halogens is 3. The molecule has 40 heavy (non-hydrogen) atoms. The number of amides is 2. The number of fused-ring (bicyclic) bond motifs is 1. The van der Waals surface area contributed by atoms with Gasteiger partial charge >= 0.3 is 0 Å². The average Bonchev–Trinajstić information content (AvgIpc) is 3.29. The summed E-state index contributed by atoms with van der Waals surface area (Å²) in [5.74, 6) is -4.17. The van der Waals surface area contributed by atoms with Crippen molar-refractivity contribution in [3.05, 3.63) is 76.8 Å². The lowest BCUT2D eigenvalue weighted by atomic mass is 9.96. The van der Waals surface area contributed by atoms with Crippen LogP contribution >= 0.6 is 23.7 Å². The van der Waals surface area contributed by atoms with E-state index >= 15 is 8.78 Å². The fourth-order valence-corrected chi connectivity index (χ4v) is 6.03. The van der Waals surface area contributed by atoms with Gasteiger partial charge in [0.15, 0.2) is 0 Å². The standard InChI is InChI=1S/C29H30F2N4O3S.ClH/c1-20-26(39-27(32-20)21-7-3-2-4-8-21)28(38)35-12-11-29(30,31)23(22-9-5-6-10-24(22)35)19-25(37)34-15-13-33(14-16-34)17-18-36;/h2-10,19,36H,11-18H2,1H3;1H/b23-19-;. The molecule has 0 spiro atoms. The van der Waals surface area contributed by atoms with Crippen molar-refractivity contribution in [3.63, 3.8) is 0 Å². The van der Waals surface area contributed by atoms with Crippen LogP contribution in [0.25, 0.3) is 16.1 Å². The van der Waals surface area contributed by atoms with Crippen LogP contribution in [0.15, 0.2) is 60.7 Å². The van der Waals surface area contributed by atoms with Crippen LogP contribution in [-0.2, 0) is 4.79 Å². The number of hydrogen-bond acceptors (Lipinski definition) is 6. The van der Waals surface area contributed by atoms with Gasteiger partial charge < -0.3 is 14.9 Å². The van der Waals surface area contributed by atoms with Crippen molar-refractivity contribution in [2.75, 3.05) is 50.8 Å². The molecule has 0 radical (unpaired) electrons. The van der Waals surface area contributed by atoms with Gasteiger partial charge in [0.1, 0.15) is 9.88 Å². The number of aliphatic hydroxyl groups is 1. The first-order valence-corrected chi connectivity index (χ1v) is 13.8. The maximum absolute atomic E-state index is 15.6. The summed E-state index contributed by atoms with van der Waals surface area (Å²) >= 11 is 1.24. The molecule has 1 fully saturated rings. The highest BCUT2D eigenvalue weighted by molar-refractivity contribution is 7.17. The lowest BCUT2D eigenvalue weighted by molar-refractivity contribution is -0.127. The number of piperazine rings is 1. The number of hydrogen-bond donors (Lipinski definition) is 1. The molecule has 3 aromatic rings. The third-order valence-electron chi connectivity index (χ3n) is 7.15. The fraction of sp³-hybridized carbons (Fsp3) is 0.345. The zero-order valence-corrected chi connectivity index (χ0v) is 23.7. The molecule has 2 aliphatic heterocycles. The Kier molecular flexibility index (Phi) is 9.35. The predicted octanol–water partition coefficient (Wildman–Crippen LogP) is 4.75. The van der Waals surface area contributed by atoms with Crippen LogP contribution in [0.3, 0.4) is 0 Å². The maximum atomic E-state index is 15.6. The average molecular weight is 589 g/mol. The van der Waals surface area contributed by atoms with E-state index in [0.717, 1.165) is 11.6 Å². The van der Waals surface area contributed by atoms with Crippen molar-refractivity contribution in [2.45, 2.75) is 19.3 Å². The molecule has 0 atom stereocenters. The van der Waals surface area contributed by atoms with Gasteiger partial charge in [0.2, 0.25) is 5.91 Å². The molecule has 212 valence electrons. The molecule has 1 aromatic heterocycles. The van der Waals surface area contributed by atoms with Gasteiger partial charge in [0.05, 0.1) is 18.0 Å². The Morgan fingerprint density at radius 1 is 1.02 bits per heavy atom. The van der Waals surface area contributed by atoms with Crippen LogP contribution < -0.4 is 4.90 Å². The number of β-amino-alcohol motifs (C(OH)–C–C–N with tert-alkyl or cyclic N) is 1. The summed E-state index contributed by atoms with van der Waals surface area (Å²) < 4.78 is 31.2. The van der Waals surface area contributed by atoms with Crippen molar-refractivity contribution in [1.29, 1.82) is 0 Å². The van der Waals surface area contributed by atoms with Crippen LogP contribution in [0.1, 0.15) is 27.3 Å². The molecule has 1 N–H and O–H groups in total. The first-order chi connectivity index (χ1) is 18.8. The molecule has 7 nitrogen and oxygen atoms in total. The summed E-state index contributed by atoms with van der Waals surface area (Å²) in [5.41, 5.74) is 1.57. The second-order valence-electron chi connectivity index (χ2n) is 9.68. The monoisotopic (exact) mass is 588 g/mol. The van der Waals surface area contributed by atoms with Gasteiger partial charge in [0, 0.05) is 68.5 Å². The summed E-state index contributed by atoms with van der Waals surface area (Å²) in [4.78, 5) is 36.8. The van der Waals surface area contributed by atoms with Crippen LogP contribution in [0, 0.1) is 6.92 Å². The minimum absolute atomic E-state index is 0. The molecule has 5 rings (SSSR count). The number of aliphatic hydroxyl groups excluding tert-OH is 1. The van der Waals surface area contributed by atoms with Crippen molar-refractivity contribution >= 4 is 46.8 Å². The smallest absolute Gasteiger partial charge is 0.275 e. The van der Waals surface area contributed by atoms with E-state index in [0.29, 0.717) is 54.0 Å². The number of nitrogens with zero attached hydrogens (tertiary/aromatic N) is 4. The van der Waals surface area contributed by atoms with E-state index in [-0.39, 0.29) is 42.6 Å². The van der Waals surface area contributed by atoms with E-state index in [9.17, 15) is 9.59 Å². The zero-order chi connectivity index (χ0) is 27.6.